The van der Waals surface area contributed by atoms with Crippen LogP contribution in [0.2, 0.25) is 0 Å². The molecule has 0 unspecified atom stereocenters. The number of fused-ring (bicyclic) bond motifs is 1. The standard InChI is InChI=1S/C25H26N10O4S/c26-12-14-3-1-2-4-20(14)40(38,39)34-18-9-7-16(8-10-18)28-23-31-21-15(11-19-22(36)32-25(37)30-19)13-27-35(21)24(33-23)29-17-5-6-17/h1-4,11,13,16-18,34,36H,5-10H2,(H,28,29,33)(H2,30,32,37)/b15-11+. The molecule has 2 aliphatic carbocycles. The minimum atomic E-state index is -3.83. The molecule has 0 atom stereocenters. The topological polar surface area (TPSA) is 206 Å². The first-order valence-corrected chi connectivity index (χ1v) is 14.4. The van der Waals surface area contributed by atoms with Crippen LogP contribution in [0.25, 0.3) is 11.7 Å². The fraction of sp³-hybridized carbons (Fsp3) is 0.360. The number of aromatic amines is 2. The maximum absolute atomic E-state index is 12.9. The Bertz CT molecular complexity index is 1910. The van der Waals surface area contributed by atoms with Gasteiger partial charge in [-0.3, -0.25) is 4.98 Å². The zero-order valence-corrected chi connectivity index (χ0v) is 22.0. The number of rotatable bonds is 7. The first-order valence-electron chi connectivity index (χ1n) is 12.9. The highest BCUT2D eigenvalue weighted by Crippen LogP contribution is 2.24. The van der Waals surface area contributed by atoms with E-state index in [0.29, 0.717) is 48.1 Å². The molecule has 1 aromatic carbocycles. The molecule has 2 fully saturated rings. The molecule has 0 aliphatic heterocycles. The average Bonchev–Trinajstić information content (AvgIpc) is 3.57. The third-order valence-electron chi connectivity index (χ3n) is 6.94. The summed E-state index contributed by atoms with van der Waals surface area (Å²) in [6.45, 7) is 0. The molecule has 2 saturated carbocycles. The summed E-state index contributed by atoms with van der Waals surface area (Å²) in [5.74, 6) is 0.0731. The highest BCUT2D eigenvalue weighted by Gasteiger charge is 2.28. The van der Waals surface area contributed by atoms with Crippen LogP contribution in [0.5, 0.6) is 5.88 Å². The number of nitrogens with one attached hydrogen (secondary N) is 4. The third kappa shape index (κ3) is 5.31. The van der Waals surface area contributed by atoms with Gasteiger partial charge in [0.1, 0.15) is 11.8 Å². The fourth-order valence-corrected chi connectivity index (χ4v) is 6.22. The van der Waals surface area contributed by atoms with Crippen LogP contribution in [0.1, 0.15) is 49.8 Å². The maximum Gasteiger partial charge on any atom is 0.326 e. The molecule has 0 spiro atoms. The highest BCUT2D eigenvalue weighted by molar-refractivity contribution is 7.89. The molecule has 5 N–H and O–H groups in total. The molecule has 0 radical (unpaired) electrons. The lowest BCUT2D eigenvalue weighted by atomic mass is 9.92. The number of hydrogen-bond acceptors (Lipinski definition) is 10. The van der Waals surface area contributed by atoms with Crippen LogP contribution >= 0.6 is 0 Å². The first-order chi connectivity index (χ1) is 19.3. The molecule has 4 aromatic rings. The largest absolute Gasteiger partial charge is 0.493 e. The molecule has 0 bridgehead atoms. The third-order valence-corrected chi connectivity index (χ3v) is 8.52. The van der Waals surface area contributed by atoms with Crippen molar-refractivity contribution >= 4 is 27.7 Å². The minimum Gasteiger partial charge on any atom is -0.493 e. The van der Waals surface area contributed by atoms with Crippen molar-refractivity contribution in [2.24, 2.45) is 4.99 Å². The zero-order chi connectivity index (χ0) is 27.9. The van der Waals surface area contributed by atoms with Gasteiger partial charge in [0.25, 0.3) is 5.62 Å². The summed E-state index contributed by atoms with van der Waals surface area (Å²) in [5, 5.41) is 27.6. The molecule has 3 aromatic heterocycles. The summed E-state index contributed by atoms with van der Waals surface area (Å²) in [5.41, 5.74) is 0.635. The Balaban J connectivity index is 1.21. The lowest BCUT2D eigenvalue weighted by Crippen LogP contribution is -2.40. The van der Waals surface area contributed by atoms with Gasteiger partial charge in [0.15, 0.2) is 5.65 Å². The van der Waals surface area contributed by atoms with Crippen LogP contribution in [0.15, 0.2) is 45.1 Å². The lowest BCUT2D eigenvalue weighted by molar-refractivity contribution is 0.386. The Morgan fingerprint density at radius 1 is 1.10 bits per heavy atom. The second-order valence-electron chi connectivity index (χ2n) is 9.95. The Morgan fingerprint density at radius 2 is 1.85 bits per heavy atom. The van der Waals surface area contributed by atoms with Gasteiger partial charge in [-0.05, 0) is 56.7 Å². The zero-order valence-electron chi connectivity index (χ0n) is 21.2. The number of anilines is 1. The molecule has 0 amide bonds. The van der Waals surface area contributed by atoms with E-state index in [1.54, 1.807) is 24.4 Å². The highest BCUT2D eigenvalue weighted by atomic mass is 32.2. The van der Waals surface area contributed by atoms with Gasteiger partial charge in [0.2, 0.25) is 21.9 Å². The van der Waals surface area contributed by atoms with Crippen LogP contribution in [0.3, 0.4) is 0 Å². The number of nitrogens with zero attached hydrogens (tertiary/aromatic N) is 6. The fourth-order valence-electron chi connectivity index (χ4n) is 4.76. The second-order valence-corrected chi connectivity index (χ2v) is 11.6. The van der Waals surface area contributed by atoms with Crippen molar-refractivity contribution in [1.29, 1.82) is 5.26 Å². The Hall–Kier alpha value is -4.55. The summed E-state index contributed by atoms with van der Waals surface area (Å²) >= 11 is 0. The minimum absolute atomic E-state index is 0.00352. The summed E-state index contributed by atoms with van der Waals surface area (Å²) in [6.07, 6.45) is 7.62. The normalized spacial score (nSPS) is 20.6. The van der Waals surface area contributed by atoms with Crippen molar-refractivity contribution in [3.05, 3.63) is 63.0 Å². The Morgan fingerprint density at radius 3 is 2.55 bits per heavy atom. The quantitative estimate of drug-likeness (QED) is 0.206. The van der Waals surface area contributed by atoms with E-state index in [1.165, 1.54) is 16.6 Å². The van der Waals surface area contributed by atoms with Gasteiger partial charge < -0.3 is 15.4 Å². The van der Waals surface area contributed by atoms with E-state index in [9.17, 15) is 23.6 Å². The number of aromatic nitrogens is 6. The van der Waals surface area contributed by atoms with Crippen LogP contribution in [-0.4, -0.2) is 61.2 Å². The van der Waals surface area contributed by atoms with Crippen LogP contribution in [-0.2, 0) is 10.0 Å². The van der Waals surface area contributed by atoms with Crippen LogP contribution < -0.4 is 26.6 Å². The van der Waals surface area contributed by atoms with Crippen molar-refractivity contribution in [3.63, 3.8) is 0 Å². The lowest BCUT2D eigenvalue weighted by Gasteiger charge is -2.29. The number of aromatic hydroxyl groups is 1. The molecule has 14 nitrogen and oxygen atoms in total. The van der Waals surface area contributed by atoms with E-state index < -0.39 is 15.7 Å². The van der Waals surface area contributed by atoms with Gasteiger partial charge >= 0.3 is 5.69 Å². The van der Waals surface area contributed by atoms with Gasteiger partial charge in [-0.2, -0.15) is 24.8 Å². The van der Waals surface area contributed by atoms with Crippen LogP contribution in [0, 0.1) is 11.3 Å². The van der Waals surface area contributed by atoms with Gasteiger partial charge in [0, 0.05) is 17.3 Å². The Kier molecular flexibility index (Phi) is 6.56. The number of benzene rings is 1. The van der Waals surface area contributed by atoms with Crippen molar-refractivity contribution in [2.45, 2.75) is 61.5 Å². The number of H-pyrrole nitrogens is 2. The molecule has 2 aliphatic rings. The second kappa shape index (κ2) is 10.2. The summed E-state index contributed by atoms with van der Waals surface area (Å²) in [6, 6.07) is 8.01. The Labute approximate surface area is 227 Å². The van der Waals surface area contributed by atoms with Gasteiger partial charge in [-0.15, -0.1) is 0 Å². The summed E-state index contributed by atoms with van der Waals surface area (Å²) < 4.78 is 30.1. The molecule has 40 heavy (non-hydrogen) atoms. The summed E-state index contributed by atoms with van der Waals surface area (Å²) in [4.78, 5) is 30.2. The van der Waals surface area contributed by atoms with E-state index >= 15 is 0 Å². The molecule has 0 saturated heterocycles. The van der Waals surface area contributed by atoms with E-state index in [-0.39, 0.29) is 40.2 Å². The molecule has 3 heterocycles. The molecular weight excluding hydrogens is 536 g/mol. The summed E-state index contributed by atoms with van der Waals surface area (Å²) in [7, 11) is -3.83. The van der Waals surface area contributed by atoms with E-state index in [1.807, 2.05) is 6.07 Å². The molecular formula is C25H26N10O4S. The number of imidazole rings is 1. The monoisotopic (exact) mass is 562 g/mol. The number of sulfonamides is 1. The van der Waals surface area contributed by atoms with E-state index in [4.69, 9.17) is 0 Å². The average molecular weight is 563 g/mol. The molecule has 6 rings (SSSR count). The van der Waals surface area contributed by atoms with Gasteiger partial charge in [-0.1, -0.05) is 12.1 Å². The van der Waals surface area contributed by atoms with Gasteiger partial charge in [0.05, 0.1) is 22.7 Å². The van der Waals surface area contributed by atoms with Crippen molar-refractivity contribution in [2.75, 3.05) is 5.32 Å². The number of nitriles is 1. The van der Waals surface area contributed by atoms with E-state index in [0.717, 1.165) is 12.8 Å². The van der Waals surface area contributed by atoms with Crippen molar-refractivity contribution in [1.82, 2.24) is 34.3 Å². The van der Waals surface area contributed by atoms with Gasteiger partial charge in [-0.25, -0.2) is 22.9 Å². The number of hydrogen-bond donors (Lipinski definition) is 5. The van der Waals surface area contributed by atoms with E-state index in [2.05, 4.69) is 40.1 Å². The first kappa shape index (κ1) is 25.7. The van der Waals surface area contributed by atoms with Crippen LogP contribution in [0.4, 0.5) is 5.95 Å². The predicted molar refractivity (Wildman–Crippen MR) is 142 cm³/mol. The van der Waals surface area contributed by atoms with Crippen molar-refractivity contribution in [3.8, 4) is 11.9 Å². The SMILES string of the molecule is N#Cc1ccccc1S(=O)(=O)NC1CCC(Nc2nc(=NC3CC3)n3nc/c(=C\c4[nH]c(=O)[nH]c4O)c3n2)CC1. The predicted octanol–water partition coefficient (Wildman–Crippen LogP) is 0.0304. The molecule has 206 valence electrons. The maximum atomic E-state index is 12.9. The molecule has 15 heteroatoms. The van der Waals surface area contributed by atoms with Crippen molar-refractivity contribution < 1.29 is 13.5 Å². The smallest absolute Gasteiger partial charge is 0.326 e.